The van der Waals surface area contributed by atoms with Crippen LogP contribution in [0.1, 0.15) is 26.7 Å². The normalized spacial score (nSPS) is 29.5. The van der Waals surface area contributed by atoms with E-state index in [1.807, 2.05) is 0 Å². The van der Waals surface area contributed by atoms with E-state index in [2.05, 4.69) is 31.9 Å². The lowest BCUT2D eigenvalue weighted by Crippen LogP contribution is -2.27. The van der Waals surface area contributed by atoms with Crippen molar-refractivity contribution >= 4 is 0 Å². The van der Waals surface area contributed by atoms with Crippen molar-refractivity contribution in [3.63, 3.8) is 0 Å². The van der Waals surface area contributed by atoms with Crippen LogP contribution in [-0.2, 0) is 0 Å². The smallest absolute Gasteiger partial charge is 0.0165 e. The molecule has 0 aromatic heterocycles. The van der Waals surface area contributed by atoms with Gasteiger partial charge in [0.1, 0.15) is 0 Å². The largest absolute Gasteiger partial charge is 0.300 e. The number of nitrogens with zero attached hydrogens (tertiary/aromatic N) is 1. The summed E-state index contributed by atoms with van der Waals surface area (Å²) in [6.45, 7) is 5.66. The molecule has 1 nitrogen and oxygen atoms in total. The fourth-order valence-electron chi connectivity index (χ4n) is 1.24. The SMILES string of the molecule is CC1=CCN(C)C(C)CC1. The van der Waals surface area contributed by atoms with Gasteiger partial charge in [-0.1, -0.05) is 11.6 Å². The maximum absolute atomic E-state index is 2.40. The van der Waals surface area contributed by atoms with Crippen LogP contribution < -0.4 is 0 Å². The van der Waals surface area contributed by atoms with Gasteiger partial charge in [0.25, 0.3) is 0 Å². The summed E-state index contributed by atoms with van der Waals surface area (Å²) in [5.74, 6) is 0. The molecule has 0 bridgehead atoms. The molecule has 1 aliphatic rings. The van der Waals surface area contributed by atoms with E-state index < -0.39 is 0 Å². The van der Waals surface area contributed by atoms with E-state index in [1.54, 1.807) is 5.57 Å². The molecular weight excluding hydrogens is 122 g/mol. The maximum atomic E-state index is 2.40. The van der Waals surface area contributed by atoms with Crippen molar-refractivity contribution in [1.82, 2.24) is 4.90 Å². The summed E-state index contributed by atoms with van der Waals surface area (Å²) in [4.78, 5) is 2.40. The van der Waals surface area contributed by atoms with Gasteiger partial charge in [-0.15, -0.1) is 0 Å². The van der Waals surface area contributed by atoms with Crippen LogP contribution in [-0.4, -0.2) is 24.5 Å². The fraction of sp³-hybridized carbons (Fsp3) is 0.778. The van der Waals surface area contributed by atoms with Gasteiger partial charge < -0.3 is 4.90 Å². The minimum Gasteiger partial charge on any atom is -0.300 e. The monoisotopic (exact) mass is 139 g/mol. The Hall–Kier alpha value is -0.300. The van der Waals surface area contributed by atoms with Gasteiger partial charge in [0, 0.05) is 12.6 Å². The number of hydrogen-bond donors (Lipinski definition) is 0. The van der Waals surface area contributed by atoms with Gasteiger partial charge in [-0.3, -0.25) is 0 Å². The summed E-state index contributed by atoms with van der Waals surface area (Å²) >= 11 is 0. The van der Waals surface area contributed by atoms with E-state index in [-0.39, 0.29) is 0 Å². The quantitative estimate of drug-likeness (QED) is 0.464. The highest BCUT2D eigenvalue weighted by molar-refractivity contribution is 5.02. The highest BCUT2D eigenvalue weighted by atomic mass is 15.1. The Kier molecular flexibility index (Phi) is 2.50. The van der Waals surface area contributed by atoms with Gasteiger partial charge in [-0.05, 0) is 33.7 Å². The summed E-state index contributed by atoms with van der Waals surface area (Å²) in [5.41, 5.74) is 1.55. The Morgan fingerprint density at radius 1 is 1.60 bits per heavy atom. The number of likely N-dealkylation sites (N-methyl/N-ethyl adjacent to an activating group) is 1. The van der Waals surface area contributed by atoms with E-state index in [4.69, 9.17) is 0 Å². The molecule has 0 radical (unpaired) electrons. The average molecular weight is 139 g/mol. The third-order valence-corrected chi connectivity index (χ3v) is 2.44. The first-order valence-electron chi connectivity index (χ1n) is 4.06. The zero-order valence-electron chi connectivity index (χ0n) is 7.22. The molecule has 1 heterocycles. The molecule has 58 valence electrons. The van der Waals surface area contributed by atoms with Crippen molar-refractivity contribution < 1.29 is 0 Å². The third kappa shape index (κ3) is 1.84. The van der Waals surface area contributed by atoms with Crippen LogP contribution >= 0.6 is 0 Å². The standard InChI is InChI=1S/C9H17N/c1-8-4-5-9(2)10(3)7-6-8/h6,9H,4-5,7H2,1-3H3. The average Bonchev–Trinajstić information content (AvgIpc) is 2.04. The van der Waals surface area contributed by atoms with Gasteiger partial charge in [-0.25, -0.2) is 0 Å². The second-order valence-corrected chi connectivity index (χ2v) is 3.38. The van der Waals surface area contributed by atoms with E-state index in [1.165, 1.54) is 12.8 Å². The molecule has 1 heteroatoms. The summed E-state index contributed by atoms with van der Waals surface area (Å²) in [6.07, 6.45) is 4.94. The lowest BCUT2D eigenvalue weighted by molar-refractivity contribution is 0.278. The Labute approximate surface area is 63.7 Å². The third-order valence-electron chi connectivity index (χ3n) is 2.44. The Balaban J connectivity index is 2.52. The van der Waals surface area contributed by atoms with Crippen LogP contribution in [0.25, 0.3) is 0 Å². The predicted octanol–water partition coefficient (Wildman–Crippen LogP) is 2.05. The molecule has 0 saturated heterocycles. The predicted molar refractivity (Wildman–Crippen MR) is 45.1 cm³/mol. The molecule has 0 amide bonds. The minimum atomic E-state index is 0.758. The molecule has 1 aliphatic heterocycles. The van der Waals surface area contributed by atoms with Crippen LogP contribution in [0.5, 0.6) is 0 Å². The molecule has 0 aliphatic carbocycles. The molecular formula is C9H17N. The summed E-state index contributed by atoms with van der Waals surface area (Å²) in [5, 5.41) is 0. The van der Waals surface area contributed by atoms with Gasteiger partial charge in [-0.2, -0.15) is 0 Å². The first-order chi connectivity index (χ1) is 4.70. The topological polar surface area (TPSA) is 3.24 Å². The number of allylic oxidation sites excluding steroid dienone is 1. The summed E-state index contributed by atoms with van der Waals surface area (Å²) in [6, 6.07) is 0.758. The lowest BCUT2D eigenvalue weighted by Gasteiger charge is -2.20. The number of rotatable bonds is 0. The highest BCUT2D eigenvalue weighted by Gasteiger charge is 2.10. The van der Waals surface area contributed by atoms with Gasteiger partial charge in [0.15, 0.2) is 0 Å². The van der Waals surface area contributed by atoms with Gasteiger partial charge in [0.05, 0.1) is 0 Å². The second kappa shape index (κ2) is 3.20. The Morgan fingerprint density at radius 3 is 3.00 bits per heavy atom. The molecule has 1 atom stereocenters. The zero-order chi connectivity index (χ0) is 7.56. The first kappa shape index (κ1) is 7.80. The molecule has 10 heavy (non-hydrogen) atoms. The van der Waals surface area contributed by atoms with Crippen molar-refractivity contribution in [2.75, 3.05) is 13.6 Å². The van der Waals surface area contributed by atoms with Gasteiger partial charge >= 0.3 is 0 Å². The van der Waals surface area contributed by atoms with Crippen LogP contribution in [0, 0.1) is 0 Å². The van der Waals surface area contributed by atoms with Crippen LogP contribution in [0.3, 0.4) is 0 Å². The van der Waals surface area contributed by atoms with Crippen molar-refractivity contribution in [2.24, 2.45) is 0 Å². The van der Waals surface area contributed by atoms with Crippen molar-refractivity contribution in [3.8, 4) is 0 Å². The van der Waals surface area contributed by atoms with E-state index in [9.17, 15) is 0 Å². The fourth-order valence-corrected chi connectivity index (χ4v) is 1.24. The van der Waals surface area contributed by atoms with Crippen LogP contribution in [0.4, 0.5) is 0 Å². The molecule has 0 fully saturated rings. The summed E-state index contributed by atoms with van der Waals surface area (Å²) < 4.78 is 0. The Bertz CT molecular complexity index is 138. The molecule has 0 saturated carbocycles. The maximum Gasteiger partial charge on any atom is 0.0165 e. The second-order valence-electron chi connectivity index (χ2n) is 3.38. The van der Waals surface area contributed by atoms with Crippen molar-refractivity contribution in [1.29, 1.82) is 0 Å². The highest BCUT2D eigenvalue weighted by Crippen LogP contribution is 2.14. The first-order valence-corrected chi connectivity index (χ1v) is 4.06. The zero-order valence-corrected chi connectivity index (χ0v) is 7.22. The Morgan fingerprint density at radius 2 is 2.30 bits per heavy atom. The lowest BCUT2D eigenvalue weighted by atomic mass is 10.1. The molecule has 0 aromatic carbocycles. The van der Waals surface area contributed by atoms with E-state index in [0.29, 0.717) is 0 Å². The van der Waals surface area contributed by atoms with Crippen molar-refractivity contribution in [3.05, 3.63) is 11.6 Å². The molecule has 1 unspecified atom stereocenters. The molecule has 0 spiro atoms. The van der Waals surface area contributed by atoms with Crippen LogP contribution in [0.15, 0.2) is 11.6 Å². The molecule has 1 rings (SSSR count). The summed E-state index contributed by atoms with van der Waals surface area (Å²) in [7, 11) is 2.19. The molecule has 0 N–H and O–H groups in total. The minimum absolute atomic E-state index is 0.758. The molecule has 0 aromatic rings. The van der Waals surface area contributed by atoms with E-state index >= 15 is 0 Å². The van der Waals surface area contributed by atoms with Crippen molar-refractivity contribution in [2.45, 2.75) is 32.7 Å². The number of hydrogen-bond acceptors (Lipinski definition) is 1. The van der Waals surface area contributed by atoms with Crippen LogP contribution in [0.2, 0.25) is 0 Å². The van der Waals surface area contributed by atoms with E-state index in [0.717, 1.165) is 12.6 Å². The van der Waals surface area contributed by atoms with Gasteiger partial charge in [0.2, 0.25) is 0 Å².